The van der Waals surface area contributed by atoms with Gasteiger partial charge in [-0.1, -0.05) is 27.7 Å². The van der Waals surface area contributed by atoms with Crippen LogP contribution >= 0.6 is 0 Å². The van der Waals surface area contributed by atoms with Gasteiger partial charge in [-0.25, -0.2) is 15.0 Å². The van der Waals surface area contributed by atoms with Crippen LogP contribution in [-0.2, 0) is 28.6 Å². The van der Waals surface area contributed by atoms with E-state index in [0.717, 1.165) is 6.42 Å². The van der Waals surface area contributed by atoms with Crippen LogP contribution in [-0.4, -0.2) is 90.8 Å². The molecule has 0 aromatic carbocycles. The third-order valence-electron chi connectivity index (χ3n) is 7.49. The Kier molecular flexibility index (Phi) is 9.75. The van der Waals surface area contributed by atoms with Crippen molar-refractivity contribution in [2.45, 2.75) is 95.7 Å². The minimum atomic E-state index is -1.35. The van der Waals surface area contributed by atoms with Gasteiger partial charge in [-0.15, -0.1) is 10.1 Å². The van der Waals surface area contributed by atoms with E-state index < -0.39 is 66.4 Å². The van der Waals surface area contributed by atoms with Crippen LogP contribution in [0, 0.1) is 22.0 Å². The molecule has 0 bridgehead atoms. The van der Waals surface area contributed by atoms with Crippen LogP contribution < -0.4 is 16.8 Å². The van der Waals surface area contributed by atoms with E-state index in [1.54, 1.807) is 27.7 Å². The molecular weight excluding hydrogens is 556 g/mol. The smallest absolute Gasteiger partial charge is 0.323 e. The van der Waals surface area contributed by atoms with Gasteiger partial charge >= 0.3 is 11.9 Å². The quantitative estimate of drug-likeness (QED) is 0.144. The zero-order chi connectivity index (χ0) is 30.7. The molecule has 3 heterocycles. The monoisotopic (exact) mass is 594 g/mol. The molecule has 2 aromatic rings. The average Bonchev–Trinajstić information content (AvgIpc) is 3.64. The van der Waals surface area contributed by atoms with Gasteiger partial charge in [-0.05, 0) is 31.1 Å². The summed E-state index contributed by atoms with van der Waals surface area (Å²) in [6, 6.07) is -2.07. The molecule has 42 heavy (non-hydrogen) atoms. The van der Waals surface area contributed by atoms with E-state index in [4.69, 9.17) is 25.7 Å². The van der Waals surface area contributed by atoms with Crippen LogP contribution in [0.3, 0.4) is 0 Å². The van der Waals surface area contributed by atoms with Crippen molar-refractivity contribution in [3.63, 3.8) is 0 Å². The summed E-state index contributed by atoms with van der Waals surface area (Å²) in [7, 11) is 0. The SMILES string of the molecule is CC(C)[C@H](N)C(=O)O[C@@H]1[C@H](OC(=O)[C@@H](N)C(C)C)[C@@H](CO[N+](=O)[O-])O[C@H]1n1cnc2c(N[C@H]3CC[C@@H](O)C3)ncnc21. The van der Waals surface area contributed by atoms with Gasteiger partial charge in [-0.2, -0.15) is 0 Å². The number of carbonyl (C=O) groups is 2. The fraction of sp³-hybridized carbons (Fsp3) is 0.720. The molecule has 2 fully saturated rings. The van der Waals surface area contributed by atoms with Crippen LogP contribution in [0.15, 0.2) is 12.7 Å². The second kappa shape index (κ2) is 13.1. The molecule has 0 spiro atoms. The molecule has 2 aromatic heterocycles. The molecule has 1 saturated carbocycles. The van der Waals surface area contributed by atoms with Gasteiger partial charge in [0, 0.05) is 6.04 Å². The fourth-order valence-electron chi connectivity index (χ4n) is 4.86. The normalized spacial score (nSPS) is 27.3. The number of nitrogens with two attached hydrogens (primary N) is 2. The topological polar surface area (TPSA) is 242 Å². The minimum absolute atomic E-state index is 0.0187. The summed E-state index contributed by atoms with van der Waals surface area (Å²) in [5.74, 6) is -1.77. The van der Waals surface area contributed by atoms with Gasteiger partial charge in [0.1, 0.15) is 31.1 Å². The fourth-order valence-corrected chi connectivity index (χ4v) is 4.86. The highest BCUT2D eigenvalue weighted by Gasteiger charge is 2.52. The number of carbonyl (C=O) groups excluding carboxylic acids is 2. The second-order valence-electron chi connectivity index (χ2n) is 11.3. The lowest BCUT2D eigenvalue weighted by Crippen LogP contribution is -2.48. The Morgan fingerprint density at radius 2 is 1.76 bits per heavy atom. The number of rotatable bonds is 12. The zero-order valence-electron chi connectivity index (χ0n) is 23.9. The lowest BCUT2D eigenvalue weighted by molar-refractivity contribution is -0.759. The number of aliphatic hydroxyl groups excluding tert-OH is 1. The summed E-state index contributed by atoms with van der Waals surface area (Å²) in [6.45, 7) is 6.28. The van der Waals surface area contributed by atoms with E-state index in [1.165, 1.54) is 17.2 Å². The number of aliphatic hydroxyl groups is 1. The Morgan fingerprint density at radius 1 is 1.12 bits per heavy atom. The molecule has 6 N–H and O–H groups in total. The van der Waals surface area contributed by atoms with Gasteiger partial charge in [-0.3, -0.25) is 14.2 Å². The Hall–Kier alpha value is -3.67. The molecule has 232 valence electrons. The molecule has 4 rings (SSSR count). The van der Waals surface area contributed by atoms with E-state index in [-0.39, 0.29) is 23.5 Å². The minimum Gasteiger partial charge on any atom is -0.454 e. The van der Waals surface area contributed by atoms with Gasteiger partial charge in [0.15, 0.2) is 35.4 Å². The first-order valence-corrected chi connectivity index (χ1v) is 13.8. The van der Waals surface area contributed by atoms with E-state index >= 15 is 0 Å². The van der Waals surface area contributed by atoms with Gasteiger partial charge in [0.05, 0.1) is 12.4 Å². The number of esters is 2. The van der Waals surface area contributed by atoms with Crippen molar-refractivity contribution in [2.75, 3.05) is 11.9 Å². The molecule has 2 aliphatic rings. The first-order valence-electron chi connectivity index (χ1n) is 13.8. The summed E-state index contributed by atoms with van der Waals surface area (Å²) in [5.41, 5.74) is 12.7. The number of nitrogens with zero attached hydrogens (tertiary/aromatic N) is 5. The van der Waals surface area contributed by atoms with E-state index in [2.05, 4.69) is 25.1 Å². The molecule has 1 aliphatic carbocycles. The molecule has 0 amide bonds. The molecular formula is C25H38N8O9. The maximum absolute atomic E-state index is 13.1. The highest BCUT2D eigenvalue weighted by atomic mass is 17.0. The van der Waals surface area contributed by atoms with Crippen LogP contribution in [0.1, 0.15) is 53.2 Å². The van der Waals surface area contributed by atoms with Crippen molar-refractivity contribution < 1.29 is 38.8 Å². The number of nitrogens with one attached hydrogen (secondary N) is 1. The maximum Gasteiger partial charge on any atom is 0.323 e. The highest BCUT2D eigenvalue weighted by Crippen LogP contribution is 2.37. The Morgan fingerprint density at radius 3 is 2.33 bits per heavy atom. The first kappa shape index (κ1) is 31.3. The van der Waals surface area contributed by atoms with Crippen LogP contribution in [0.5, 0.6) is 0 Å². The number of hydrogen-bond donors (Lipinski definition) is 4. The van der Waals surface area contributed by atoms with Gasteiger partial charge in [0.2, 0.25) is 0 Å². The van der Waals surface area contributed by atoms with E-state index in [1.807, 2.05) is 0 Å². The number of imidazole rings is 1. The lowest BCUT2D eigenvalue weighted by Gasteiger charge is -2.27. The molecule has 8 atom stereocenters. The predicted molar refractivity (Wildman–Crippen MR) is 145 cm³/mol. The van der Waals surface area contributed by atoms with Crippen LogP contribution in [0.2, 0.25) is 0 Å². The number of fused-ring (bicyclic) bond motifs is 1. The number of aromatic nitrogens is 4. The van der Waals surface area contributed by atoms with Gasteiger partial charge in [0.25, 0.3) is 5.09 Å². The van der Waals surface area contributed by atoms with Crippen molar-refractivity contribution in [3.8, 4) is 0 Å². The molecule has 17 heteroatoms. The Bertz CT molecular complexity index is 1270. The third kappa shape index (κ3) is 6.86. The Balaban J connectivity index is 1.72. The zero-order valence-corrected chi connectivity index (χ0v) is 23.9. The van der Waals surface area contributed by atoms with Crippen LogP contribution in [0.4, 0.5) is 5.82 Å². The van der Waals surface area contributed by atoms with Crippen molar-refractivity contribution in [2.24, 2.45) is 23.3 Å². The van der Waals surface area contributed by atoms with Crippen molar-refractivity contribution in [1.82, 2.24) is 19.5 Å². The molecule has 1 saturated heterocycles. The first-order chi connectivity index (χ1) is 19.9. The number of anilines is 1. The largest absolute Gasteiger partial charge is 0.454 e. The van der Waals surface area contributed by atoms with Crippen molar-refractivity contribution in [3.05, 3.63) is 22.8 Å². The van der Waals surface area contributed by atoms with Gasteiger partial charge < -0.3 is 40.9 Å². The number of hydrogen-bond acceptors (Lipinski definition) is 15. The van der Waals surface area contributed by atoms with E-state index in [9.17, 15) is 24.8 Å². The summed E-state index contributed by atoms with van der Waals surface area (Å²) in [6.07, 6.45) is -0.881. The highest BCUT2D eigenvalue weighted by molar-refractivity contribution is 5.83. The van der Waals surface area contributed by atoms with E-state index in [0.29, 0.717) is 24.2 Å². The lowest BCUT2D eigenvalue weighted by atomic mass is 10.0. The standard InChI is InChI=1S/C25H38N8O9/c1-11(2)16(26)24(35)41-19-15(8-39-33(37)38)40-23(20(19)42-25(36)17(27)12(3)4)32-10-30-18-21(28-9-29-22(18)32)31-13-5-6-14(34)7-13/h9-17,19-20,23,34H,5-8,26-27H2,1-4H3,(H,28,29,31)/t13-,14+,15+,16-,17-,19+,20+,23+/m0/s1. The molecule has 17 nitrogen and oxygen atoms in total. The van der Waals surface area contributed by atoms with Crippen molar-refractivity contribution >= 4 is 28.9 Å². The van der Waals surface area contributed by atoms with Crippen molar-refractivity contribution in [1.29, 1.82) is 0 Å². The molecule has 0 radical (unpaired) electrons. The third-order valence-corrected chi connectivity index (χ3v) is 7.49. The average molecular weight is 595 g/mol. The summed E-state index contributed by atoms with van der Waals surface area (Å²) >= 11 is 0. The predicted octanol–water partition coefficient (Wildman–Crippen LogP) is 0.0475. The number of ether oxygens (including phenoxy) is 3. The summed E-state index contributed by atoms with van der Waals surface area (Å²) < 4.78 is 19.0. The Labute approximate surface area is 241 Å². The molecule has 0 unspecified atom stereocenters. The second-order valence-corrected chi connectivity index (χ2v) is 11.3. The summed E-state index contributed by atoms with van der Waals surface area (Å²) in [4.78, 5) is 54.7. The van der Waals surface area contributed by atoms with Crippen LogP contribution in [0.25, 0.3) is 11.2 Å². The molecule has 1 aliphatic heterocycles. The summed E-state index contributed by atoms with van der Waals surface area (Å²) in [5, 5.41) is 23.2. The maximum atomic E-state index is 13.1.